The van der Waals surface area contributed by atoms with E-state index in [-0.39, 0.29) is 28.7 Å². The van der Waals surface area contributed by atoms with Crippen LogP contribution in [0, 0.1) is 0 Å². The van der Waals surface area contributed by atoms with E-state index < -0.39 is 28.5 Å². The summed E-state index contributed by atoms with van der Waals surface area (Å²) in [4.78, 5) is 23.8. The predicted molar refractivity (Wildman–Crippen MR) is 148 cm³/mol. The van der Waals surface area contributed by atoms with E-state index >= 15 is 0 Å². The summed E-state index contributed by atoms with van der Waals surface area (Å²) in [5.74, 6) is -0.778. The van der Waals surface area contributed by atoms with Crippen molar-refractivity contribution in [1.82, 2.24) is 24.5 Å². The lowest BCUT2D eigenvalue weighted by atomic mass is 9.87. The van der Waals surface area contributed by atoms with Crippen LogP contribution in [-0.2, 0) is 14.6 Å². The van der Waals surface area contributed by atoms with Crippen LogP contribution in [0.2, 0.25) is 0 Å². The van der Waals surface area contributed by atoms with Gasteiger partial charge in [0.15, 0.2) is 21.6 Å². The third kappa shape index (κ3) is 4.41. The van der Waals surface area contributed by atoms with Crippen molar-refractivity contribution in [2.75, 3.05) is 18.6 Å². The van der Waals surface area contributed by atoms with Crippen molar-refractivity contribution in [3.05, 3.63) is 60.6 Å². The molecule has 4 aromatic rings. The Kier molecular flexibility index (Phi) is 6.56. The quantitative estimate of drug-likeness (QED) is 0.319. The van der Waals surface area contributed by atoms with Gasteiger partial charge < -0.3 is 20.8 Å². The van der Waals surface area contributed by atoms with Gasteiger partial charge in [-0.25, -0.2) is 13.4 Å². The van der Waals surface area contributed by atoms with Crippen molar-refractivity contribution < 1.29 is 23.4 Å². The molecule has 3 atom stereocenters. The van der Waals surface area contributed by atoms with E-state index in [0.717, 1.165) is 35.9 Å². The minimum Gasteiger partial charge on any atom is -0.393 e. The summed E-state index contributed by atoms with van der Waals surface area (Å²) in [6, 6.07) is 13.3. The van der Waals surface area contributed by atoms with E-state index in [0.29, 0.717) is 29.7 Å². The number of carbonyl (C=O) groups excluding carboxylic acids is 1. The molecule has 3 aromatic heterocycles. The predicted octanol–water partition coefficient (Wildman–Crippen LogP) is 2.03. The van der Waals surface area contributed by atoms with Gasteiger partial charge in [-0.05, 0) is 31.7 Å². The van der Waals surface area contributed by atoms with Gasteiger partial charge in [-0.15, -0.1) is 0 Å². The Labute approximate surface area is 231 Å². The Morgan fingerprint density at radius 3 is 2.38 bits per heavy atom. The number of hydrogen-bond acceptors (Lipinski definition) is 9. The Morgan fingerprint density at radius 1 is 1.07 bits per heavy atom. The highest BCUT2D eigenvalue weighted by Crippen LogP contribution is 2.45. The van der Waals surface area contributed by atoms with Gasteiger partial charge in [-0.2, -0.15) is 9.61 Å². The zero-order valence-corrected chi connectivity index (χ0v) is 22.7. The Balaban J connectivity index is 1.41. The molecule has 0 aliphatic carbocycles. The highest BCUT2D eigenvalue weighted by Gasteiger charge is 2.46. The monoisotopic (exact) mass is 562 g/mol. The summed E-state index contributed by atoms with van der Waals surface area (Å²) < 4.78 is 27.3. The molecule has 1 amide bonds. The normalized spacial score (nSPS) is 21.6. The number of anilines is 1. The molecule has 11 nitrogen and oxygen atoms in total. The van der Waals surface area contributed by atoms with Crippen LogP contribution in [-0.4, -0.2) is 80.1 Å². The molecule has 2 aliphatic heterocycles. The van der Waals surface area contributed by atoms with Crippen LogP contribution < -0.4 is 5.73 Å². The van der Waals surface area contributed by atoms with Gasteiger partial charge in [0.05, 0.1) is 24.2 Å². The van der Waals surface area contributed by atoms with E-state index in [9.17, 15) is 23.4 Å². The maximum absolute atomic E-state index is 13.0. The largest absolute Gasteiger partial charge is 0.393 e. The number of benzene rings is 1. The van der Waals surface area contributed by atoms with E-state index in [1.807, 2.05) is 42.5 Å². The first-order valence-corrected chi connectivity index (χ1v) is 15.1. The van der Waals surface area contributed by atoms with Crippen LogP contribution in [0.15, 0.2) is 59.8 Å². The highest BCUT2D eigenvalue weighted by molar-refractivity contribution is 7.91. The number of carbonyl (C=O) groups is 1. The molecule has 5 heterocycles. The molecule has 2 bridgehead atoms. The standard InChI is InChI=1S/C28H30N6O5S/c1-40(38,39)25-24(18-11-19-8-9-20(12-18)33(19)28(37)23(36)15-35)32-27-21(14-31-34(27)26(25)29)17-7-10-22(30-13-17)16-5-3-2-4-6-16/h2-7,10,13-14,18-20,23,35-36H,8-9,11-12,15,29H2,1H3/t19-,20-,23-/m1/s1. The molecule has 2 saturated heterocycles. The van der Waals surface area contributed by atoms with Gasteiger partial charge in [0, 0.05) is 47.1 Å². The molecule has 2 fully saturated rings. The number of piperidine rings is 1. The van der Waals surface area contributed by atoms with Crippen molar-refractivity contribution >= 4 is 27.2 Å². The van der Waals surface area contributed by atoms with Crippen molar-refractivity contribution in [3.8, 4) is 22.4 Å². The van der Waals surface area contributed by atoms with Crippen molar-refractivity contribution in [1.29, 1.82) is 0 Å². The third-order valence-electron chi connectivity index (χ3n) is 8.01. The molecule has 40 heavy (non-hydrogen) atoms. The van der Waals surface area contributed by atoms with Crippen LogP contribution in [0.4, 0.5) is 5.82 Å². The molecule has 0 unspecified atom stereocenters. The number of sulfone groups is 1. The van der Waals surface area contributed by atoms with Crippen LogP contribution in [0.5, 0.6) is 0 Å². The maximum Gasteiger partial charge on any atom is 0.254 e. The molecule has 208 valence electrons. The number of hydrogen-bond donors (Lipinski definition) is 3. The molecule has 0 radical (unpaired) electrons. The molecule has 4 N–H and O–H groups in total. The third-order valence-corrected chi connectivity index (χ3v) is 9.17. The second-order valence-electron chi connectivity index (χ2n) is 10.6. The summed E-state index contributed by atoms with van der Waals surface area (Å²) in [6.07, 6.45) is 5.39. The fourth-order valence-corrected chi connectivity index (χ4v) is 7.28. The highest BCUT2D eigenvalue weighted by atomic mass is 32.2. The average molecular weight is 563 g/mol. The van der Waals surface area contributed by atoms with Crippen LogP contribution >= 0.6 is 0 Å². The molecule has 2 aliphatic rings. The lowest BCUT2D eigenvalue weighted by Gasteiger charge is -2.40. The van der Waals surface area contributed by atoms with Gasteiger partial charge >= 0.3 is 0 Å². The summed E-state index contributed by atoms with van der Waals surface area (Å²) in [7, 11) is -3.77. The van der Waals surface area contributed by atoms with Crippen LogP contribution in [0.25, 0.3) is 28.0 Å². The number of aromatic nitrogens is 4. The molecular weight excluding hydrogens is 532 g/mol. The van der Waals surface area contributed by atoms with E-state index in [2.05, 4.69) is 10.1 Å². The molecule has 0 saturated carbocycles. The summed E-state index contributed by atoms with van der Waals surface area (Å²) in [5.41, 5.74) is 10.5. The lowest BCUT2D eigenvalue weighted by molar-refractivity contribution is -0.147. The number of nitrogens with zero attached hydrogens (tertiary/aromatic N) is 5. The van der Waals surface area contributed by atoms with Gasteiger partial charge in [-0.1, -0.05) is 36.4 Å². The summed E-state index contributed by atoms with van der Waals surface area (Å²) in [6.45, 7) is -0.643. The fourth-order valence-electron chi connectivity index (χ4n) is 6.22. The number of fused-ring (bicyclic) bond motifs is 3. The van der Waals surface area contributed by atoms with Crippen molar-refractivity contribution in [2.24, 2.45) is 0 Å². The van der Waals surface area contributed by atoms with E-state index in [4.69, 9.17) is 10.7 Å². The van der Waals surface area contributed by atoms with Crippen molar-refractivity contribution in [2.45, 2.75) is 54.7 Å². The molecular formula is C28H30N6O5S. The Morgan fingerprint density at radius 2 is 1.77 bits per heavy atom. The average Bonchev–Trinajstić information content (AvgIpc) is 3.50. The lowest BCUT2D eigenvalue weighted by Crippen LogP contribution is -2.51. The SMILES string of the molecule is CS(=O)(=O)c1c(C2C[C@H]3CC[C@H](C2)N3C(=O)[C@H](O)CO)nc2c(-c3ccc(-c4ccccc4)nc3)cnn2c1N. The number of rotatable bonds is 6. The number of aliphatic hydroxyl groups excluding tert-OH is 2. The first-order chi connectivity index (χ1) is 19.2. The fraction of sp³-hybridized carbons (Fsp3) is 0.357. The van der Waals surface area contributed by atoms with Crippen molar-refractivity contribution in [3.63, 3.8) is 0 Å². The number of nitrogens with two attached hydrogens (primary N) is 1. The first kappa shape index (κ1) is 26.4. The van der Waals surface area contributed by atoms with Crippen LogP contribution in [0.1, 0.15) is 37.3 Å². The van der Waals surface area contributed by atoms with Gasteiger partial charge in [0.25, 0.3) is 5.91 Å². The molecule has 0 spiro atoms. The number of amides is 1. The summed E-state index contributed by atoms with van der Waals surface area (Å²) >= 11 is 0. The second kappa shape index (κ2) is 9.95. The number of pyridine rings is 1. The minimum absolute atomic E-state index is 0.0100. The Bertz CT molecular complexity index is 1680. The smallest absolute Gasteiger partial charge is 0.254 e. The zero-order valence-electron chi connectivity index (χ0n) is 21.9. The Hall–Kier alpha value is -3.87. The van der Waals surface area contributed by atoms with Crippen LogP contribution in [0.3, 0.4) is 0 Å². The number of aliphatic hydroxyl groups is 2. The van der Waals surface area contributed by atoms with E-state index in [1.165, 1.54) is 4.52 Å². The second-order valence-corrected chi connectivity index (χ2v) is 12.5. The summed E-state index contributed by atoms with van der Waals surface area (Å²) in [5, 5.41) is 23.6. The van der Waals surface area contributed by atoms with Gasteiger partial charge in [-0.3, -0.25) is 9.78 Å². The zero-order chi connectivity index (χ0) is 28.2. The minimum atomic E-state index is -3.77. The molecule has 6 rings (SSSR count). The van der Waals surface area contributed by atoms with Gasteiger partial charge in [0.1, 0.15) is 10.7 Å². The topological polar surface area (TPSA) is 164 Å². The maximum atomic E-state index is 13.0. The molecule has 12 heteroatoms. The number of nitrogen functional groups attached to an aromatic ring is 1. The first-order valence-electron chi connectivity index (χ1n) is 13.2. The van der Waals surface area contributed by atoms with E-state index in [1.54, 1.807) is 17.3 Å². The van der Waals surface area contributed by atoms with Gasteiger partial charge in [0.2, 0.25) is 0 Å². The molecule has 1 aromatic carbocycles.